The second-order valence-corrected chi connectivity index (χ2v) is 18.2. The molecule has 3 aromatic carbocycles. The molecule has 2 N–H and O–H groups in total. The van der Waals surface area contributed by atoms with Crippen molar-refractivity contribution < 1.29 is 38.6 Å². The number of aliphatic hydroxyl groups is 1. The normalized spacial score (nSPS) is 10.7. The number of nitrogens with one attached hydrogen (secondary N) is 1. The van der Waals surface area contributed by atoms with Gasteiger partial charge in [0.25, 0.3) is 17.7 Å². The number of benzene rings is 3. The molecule has 6 heterocycles. The first-order chi connectivity index (χ1) is 39.6. The number of nitrogens with zero attached hydrogens (tertiary/aromatic N) is 17. The number of alkyl halides is 1. The smallest absolute Gasteiger partial charge is 0.358 e. The highest BCUT2D eigenvalue weighted by Crippen LogP contribution is 2.20. The Labute approximate surface area is 477 Å². The summed E-state index contributed by atoms with van der Waals surface area (Å²) < 4.78 is 12.4. The van der Waals surface area contributed by atoms with E-state index in [-0.39, 0.29) is 23.4 Å². The molecule has 0 radical (unpaired) electrons. The molecular formula is C55H65ClN18O8. The SMILES string of the molecule is CCN(CCCl)C(=O)c1ccccc1-n1nccn1.CCN(CCn1ccc(C(=O)OC)n1)C(=O)c1ccccc1-n1nccn1.CCN(CCn1ccc(C(C)(C)O)n1)C(=O)c1ccccc1-n1nccn1.COC(=O)c1ccn[nH]1. The molecule has 430 valence electrons. The van der Waals surface area contributed by atoms with E-state index in [0.717, 1.165) is 0 Å². The molecular weight excluding hydrogens is 1080 g/mol. The van der Waals surface area contributed by atoms with E-state index >= 15 is 0 Å². The maximum absolute atomic E-state index is 13.1. The van der Waals surface area contributed by atoms with Crippen LogP contribution in [0.3, 0.4) is 0 Å². The summed E-state index contributed by atoms with van der Waals surface area (Å²) in [7, 11) is 2.63. The molecule has 26 nitrogen and oxygen atoms in total. The van der Waals surface area contributed by atoms with E-state index in [4.69, 9.17) is 11.6 Å². The van der Waals surface area contributed by atoms with Crippen molar-refractivity contribution >= 4 is 41.3 Å². The Bertz CT molecular complexity index is 3390. The zero-order chi connectivity index (χ0) is 59.0. The standard InChI is InChI=1S/C19H24N6O2.C18H20N6O3.C13H15ClN4O.C5H6N2O2/c1-4-23(13-14-24-12-9-17(22-24)19(2,3)27)18(26)15-7-5-6-8-16(15)25-20-10-11-21-25;1-3-22(12-13-23-11-8-15(21-23)18(26)27-2)17(25)14-6-4-5-7-16(14)24-19-9-10-20-24;1-2-17(10-7-14)13(19)11-5-3-4-6-12(11)18-15-8-9-16-18;1-9-5(8)4-2-3-6-7-4/h5-12,27H,4,13-14H2,1-3H3;4-11H,3,12-13H2,1-2H3;3-6,8-9H,2,7,10H2,1H3;2-3H,1H3,(H,6,7). The van der Waals surface area contributed by atoms with Gasteiger partial charge >= 0.3 is 11.9 Å². The Balaban J connectivity index is 0.000000186. The Morgan fingerprint density at radius 1 is 0.537 bits per heavy atom. The molecule has 9 rings (SSSR count). The summed E-state index contributed by atoms with van der Waals surface area (Å²) in [6, 6.07) is 26.7. The Kier molecular flexibility index (Phi) is 23.0. The Morgan fingerprint density at radius 3 is 1.28 bits per heavy atom. The fourth-order valence-corrected chi connectivity index (χ4v) is 7.97. The van der Waals surface area contributed by atoms with Gasteiger partial charge in [-0.15, -0.1) is 11.6 Å². The van der Waals surface area contributed by atoms with Crippen LogP contribution in [0, 0.1) is 0 Å². The average molecular weight is 1140 g/mol. The van der Waals surface area contributed by atoms with Gasteiger partial charge < -0.3 is 29.3 Å². The molecule has 82 heavy (non-hydrogen) atoms. The Morgan fingerprint density at radius 2 is 0.927 bits per heavy atom. The molecule has 0 saturated heterocycles. The molecule has 0 saturated carbocycles. The summed E-state index contributed by atoms with van der Waals surface area (Å²) in [5.41, 5.74) is 3.82. The van der Waals surface area contributed by atoms with Crippen molar-refractivity contribution in [3.05, 3.63) is 181 Å². The highest BCUT2D eigenvalue weighted by Gasteiger charge is 2.23. The summed E-state index contributed by atoms with van der Waals surface area (Å²) in [5, 5.41) is 49.2. The largest absolute Gasteiger partial charge is 0.464 e. The molecule has 9 aromatic rings. The van der Waals surface area contributed by atoms with Crippen LogP contribution >= 0.6 is 11.6 Å². The van der Waals surface area contributed by atoms with Gasteiger partial charge in [-0.2, -0.15) is 60.3 Å². The number of aromatic nitrogens is 15. The number of carbonyl (C=O) groups excluding carboxylic acids is 5. The van der Waals surface area contributed by atoms with Gasteiger partial charge in [-0.1, -0.05) is 36.4 Å². The van der Waals surface area contributed by atoms with Crippen LogP contribution in [-0.2, 0) is 28.2 Å². The molecule has 0 aliphatic rings. The first-order valence-electron chi connectivity index (χ1n) is 25.9. The summed E-state index contributed by atoms with van der Waals surface area (Å²) in [6.45, 7) is 13.4. The molecule has 0 bridgehead atoms. The molecule has 0 fully saturated rings. The number of H-pyrrole nitrogens is 1. The van der Waals surface area contributed by atoms with E-state index in [0.29, 0.717) is 103 Å². The number of ether oxygens (including phenoxy) is 2. The average Bonchev–Trinajstić information content (AvgIpc) is 4.40. The quantitative estimate of drug-likeness (QED) is 0.0710. The van der Waals surface area contributed by atoms with Gasteiger partial charge in [-0.3, -0.25) is 28.8 Å². The number of carbonyl (C=O) groups is 5. The maximum Gasteiger partial charge on any atom is 0.358 e. The van der Waals surface area contributed by atoms with Gasteiger partial charge in [-0.05, 0) is 89.2 Å². The maximum atomic E-state index is 13.1. The lowest BCUT2D eigenvalue weighted by molar-refractivity contribution is 0.0584. The second-order valence-electron chi connectivity index (χ2n) is 17.8. The van der Waals surface area contributed by atoms with E-state index in [1.807, 2.05) is 75.5 Å². The summed E-state index contributed by atoms with van der Waals surface area (Å²) in [4.78, 5) is 70.1. The highest BCUT2D eigenvalue weighted by atomic mass is 35.5. The van der Waals surface area contributed by atoms with Crippen LogP contribution in [0.4, 0.5) is 0 Å². The summed E-state index contributed by atoms with van der Waals surface area (Å²) >= 11 is 5.72. The van der Waals surface area contributed by atoms with Crippen LogP contribution in [0.5, 0.6) is 0 Å². The molecule has 3 amide bonds. The predicted molar refractivity (Wildman–Crippen MR) is 300 cm³/mol. The van der Waals surface area contributed by atoms with Crippen molar-refractivity contribution in [2.45, 2.75) is 53.3 Å². The minimum atomic E-state index is -0.985. The number of hydrogen-bond acceptors (Lipinski definition) is 17. The molecule has 0 atom stereocenters. The molecule has 6 aromatic heterocycles. The number of aromatic amines is 1. The number of halogens is 1. The number of para-hydroxylation sites is 3. The highest BCUT2D eigenvalue weighted by molar-refractivity contribution is 6.18. The Hall–Kier alpha value is -9.69. The third kappa shape index (κ3) is 16.7. The van der Waals surface area contributed by atoms with Gasteiger partial charge in [0.1, 0.15) is 11.3 Å². The first-order valence-corrected chi connectivity index (χ1v) is 26.5. The number of hydrogen-bond donors (Lipinski definition) is 2. The van der Waals surface area contributed by atoms with E-state index in [2.05, 4.69) is 60.5 Å². The first kappa shape index (κ1) is 61.5. The van der Waals surface area contributed by atoms with Crippen LogP contribution < -0.4 is 0 Å². The fraction of sp³-hybridized carbons (Fsp3) is 0.309. The molecule has 0 unspecified atom stereocenters. The predicted octanol–water partition coefficient (Wildman–Crippen LogP) is 5.43. The van der Waals surface area contributed by atoms with Crippen molar-refractivity contribution in [3.8, 4) is 17.1 Å². The molecule has 27 heteroatoms. The number of methoxy groups -OCH3 is 2. The number of amides is 3. The summed E-state index contributed by atoms with van der Waals surface area (Å²) in [6.07, 6.45) is 14.4. The minimum Gasteiger partial charge on any atom is -0.464 e. The fourth-order valence-electron chi connectivity index (χ4n) is 7.77. The van der Waals surface area contributed by atoms with Crippen LogP contribution in [0.25, 0.3) is 17.1 Å². The lowest BCUT2D eigenvalue weighted by Gasteiger charge is -2.22. The van der Waals surface area contributed by atoms with E-state index in [9.17, 15) is 29.1 Å². The third-order valence-corrected chi connectivity index (χ3v) is 12.2. The lowest BCUT2D eigenvalue weighted by atomic mass is 10.1. The van der Waals surface area contributed by atoms with E-state index in [1.54, 1.807) is 124 Å². The second kappa shape index (κ2) is 30.6. The topological polar surface area (TPSA) is 290 Å². The number of rotatable bonds is 20. The van der Waals surface area contributed by atoms with Gasteiger partial charge in [0.15, 0.2) is 5.69 Å². The van der Waals surface area contributed by atoms with Gasteiger partial charge in [0, 0.05) is 63.7 Å². The van der Waals surface area contributed by atoms with Gasteiger partial charge in [-0.25, -0.2) is 9.59 Å². The monoisotopic (exact) mass is 1140 g/mol. The van der Waals surface area contributed by atoms with Crippen molar-refractivity contribution in [2.24, 2.45) is 0 Å². The lowest BCUT2D eigenvalue weighted by Crippen LogP contribution is -2.34. The van der Waals surface area contributed by atoms with E-state index < -0.39 is 17.5 Å². The van der Waals surface area contributed by atoms with Crippen molar-refractivity contribution in [2.75, 3.05) is 59.4 Å². The van der Waals surface area contributed by atoms with Crippen LogP contribution in [0.2, 0.25) is 0 Å². The van der Waals surface area contributed by atoms with Crippen LogP contribution in [-0.4, -0.2) is 184 Å². The molecule has 0 aliphatic carbocycles. The van der Waals surface area contributed by atoms with Crippen LogP contribution in [0.15, 0.2) is 147 Å². The zero-order valence-electron chi connectivity index (χ0n) is 46.5. The molecule has 0 spiro atoms. The number of esters is 2. The third-order valence-electron chi connectivity index (χ3n) is 12.1. The van der Waals surface area contributed by atoms with Crippen molar-refractivity contribution in [1.29, 1.82) is 0 Å². The minimum absolute atomic E-state index is 0.0592. The number of likely N-dealkylation sites (N-methyl/N-ethyl adjacent to an activating group) is 2. The van der Waals surface area contributed by atoms with Gasteiger partial charge in [0.2, 0.25) is 0 Å². The van der Waals surface area contributed by atoms with Crippen molar-refractivity contribution in [3.63, 3.8) is 0 Å². The molecule has 0 aliphatic heterocycles. The van der Waals surface area contributed by atoms with E-state index in [1.165, 1.54) is 34.8 Å². The van der Waals surface area contributed by atoms with Crippen molar-refractivity contribution in [1.82, 2.24) is 89.4 Å². The van der Waals surface area contributed by atoms with Crippen LogP contribution in [0.1, 0.15) is 92.4 Å². The zero-order valence-corrected chi connectivity index (χ0v) is 47.3. The van der Waals surface area contributed by atoms with Gasteiger partial charge in [0.05, 0.1) is 104 Å². The summed E-state index contributed by atoms with van der Waals surface area (Å²) in [5.74, 6) is -0.728.